The van der Waals surface area contributed by atoms with E-state index in [0.717, 1.165) is 22.2 Å². The van der Waals surface area contributed by atoms with Gasteiger partial charge in [-0.1, -0.05) is 11.6 Å². The molecule has 0 amide bonds. The highest BCUT2D eigenvalue weighted by atomic mass is 35.5. The average molecular weight is 474 g/mol. The lowest BCUT2D eigenvalue weighted by molar-refractivity contribution is -0.142. The Morgan fingerprint density at radius 2 is 2.00 bits per heavy atom. The highest BCUT2D eigenvalue weighted by molar-refractivity contribution is 7.12. The van der Waals surface area contributed by atoms with E-state index < -0.39 is 11.7 Å². The maximum absolute atomic E-state index is 12.7. The van der Waals surface area contributed by atoms with Crippen molar-refractivity contribution in [3.8, 4) is 5.13 Å². The molecule has 0 bridgehead atoms. The molecular formula is C22H20ClN3O5S. The fraction of sp³-hybridized carbons (Fsp3) is 0.273. The zero-order valence-corrected chi connectivity index (χ0v) is 19.2. The van der Waals surface area contributed by atoms with Gasteiger partial charge in [-0.2, -0.15) is 0 Å². The van der Waals surface area contributed by atoms with Gasteiger partial charge in [-0.3, -0.25) is 18.7 Å². The number of carbonyl (C=O) groups is 2. The van der Waals surface area contributed by atoms with Crippen LogP contribution in [0.25, 0.3) is 16.2 Å². The van der Waals surface area contributed by atoms with Gasteiger partial charge in [0.2, 0.25) is 5.78 Å². The van der Waals surface area contributed by atoms with Crippen molar-refractivity contribution in [2.24, 2.45) is 0 Å². The maximum atomic E-state index is 12.7. The van der Waals surface area contributed by atoms with Gasteiger partial charge in [0.15, 0.2) is 17.3 Å². The van der Waals surface area contributed by atoms with Crippen LogP contribution in [0.1, 0.15) is 33.9 Å². The number of ether oxygens (including phenoxy) is 1. The number of nitrogens with zero attached hydrogens (tertiary/aromatic N) is 3. The van der Waals surface area contributed by atoms with Crippen LogP contribution in [-0.2, 0) is 16.1 Å². The minimum absolute atomic E-state index is 0.0679. The molecule has 0 saturated carbocycles. The van der Waals surface area contributed by atoms with Crippen molar-refractivity contribution >= 4 is 45.8 Å². The second kappa shape index (κ2) is 8.76. The Balaban J connectivity index is 1.39. The first kappa shape index (κ1) is 22.0. The summed E-state index contributed by atoms with van der Waals surface area (Å²) in [5, 5.41) is 3.17. The molecule has 0 unspecified atom stereocenters. The first-order valence-corrected chi connectivity index (χ1v) is 11.1. The number of oxazole rings is 1. The third-order valence-electron chi connectivity index (χ3n) is 5.06. The predicted molar refractivity (Wildman–Crippen MR) is 121 cm³/mol. The van der Waals surface area contributed by atoms with Crippen molar-refractivity contribution in [2.45, 2.75) is 33.7 Å². The summed E-state index contributed by atoms with van der Waals surface area (Å²) in [6.45, 7) is 5.33. The van der Waals surface area contributed by atoms with Gasteiger partial charge in [0, 0.05) is 40.0 Å². The van der Waals surface area contributed by atoms with Crippen LogP contribution < -0.4 is 5.76 Å². The van der Waals surface area contributed by atoms with Crippen molar-refractivity contribution in [3.63, 3.8) is 0 Å². The number of benzene rings is 1. The number of aryl methyl sites for hydroxylation is 3. The number of hydrogen-bond acceptors (Lipinski definition) is 7. The molecule has 0 aliphatic heterocycles. The monoisotopic (exact) mass is 473 g/mol. The standard InChI is InChI=1S/C22H20ClN3O5S/c1-12-11-32-21(24-12)26-13(2)8-16(14(26)3)18(27)10-30-20(28)6-7-25-17-5-4-15(23)9-19(17)31-22(25)29/h4-5,8-9,11H,6-7,10H2,1-3H3. The van der Waals surface area contributed by atoms with E-state index in [1.165, 1.54) is 22.0 Å². The van der Waals surface area contributed by atoms with Gasteiger partial charge in [-0.15, -0.1) is 11.3 Å². The zero-order valence-electron chi connectivity index (χ0n) is 17.7. The summed E-state index contributed by atoms with van der Waals surface area (Å²) in [6.07, 6.45) is -0.0815. The lowest BCUT2D eigenvalue weighted by Gasteiger charge is -2.07. The third-order valence-corrected chi connectivity index (χ3v) is 6.24. The molecule has 0 atom stereocenters. The second-order valence-corrected chi connectivity index (χ2v) is 8.63. The molecule has 8 nitrogen and oxygen atoms in total. The topological polar surface area (TPSA) is 96.3 Å². The van der Waals surface area contributed by atoms with E-state index in [1.54, 1.807) is 18.2 Å². The molecule has 1 aromatic carbocycles. The minimum Gasteiger partial charge on any atom is -0.457 e. The molecule has 0 N–H and O–H groups in total. The first-order valence-electron chi connectivity index (χ1n) is 9.83. The van der Waals surface area contributed by atoms with Crippen LogP contribution in [0.2, 0.25) is 5.02 Å². The molecule has 3 aromatic heterocycles. The maximum Gasteiger partial charge on any atom is 0.419 e. The van der Waals surface area contributed by atoms with Gasteiger partial charge in [0.1, 0.15) is 0 Å². The molecular weight excluding hydrogens is 454 g/mol. The number of thiazole rings is 1. The van der Waals surface area contributed by atoms with Crippen LogP contribution in [0.3, 0.4) is 0 Å². The Morgan fingerprint density at radius 1 is 1.22 bits per heavy atom. The molecule has 4 rings (SSSR count). The van der Waals surface area contributed by atoms with Gasteiger partial charge in [0.25, 0.3) is 0 Å². The first-order chi connectivity index (χ1) is 15.2. The average Bonchev–Trinajstić information content (AvgIpc) is 3.38. The van der Waals surface area contributed by atoms with E-state index in [9.17, 15) is 14.4 Å². The molecule has 3 heterocycles. The number of fused-ring (bicyclic) bond motifs is 1. The molecule has 0 spiro atoms. The fourth-order valence-electron chi connectivity index (χ4n) is 3.53. The number of Topliss-reactive ketones (excluding diaryl/α,β-unsaturated/α-hetero) is 1. The fourth-order valence-corrected chi connectivity index (χ4v) is 4.61. The van der Waals surface area contributed by atoms with E-state index in [1.807, 2.05) is 30.7 Å². The predicted octanol–water partition coefficient (Wildman–Crippen LogP) is 4.24. The van der Waals surface area contributed by atoms with Crippen molar-refractivity contribution in [1.29, 1.82) is 0 Å². The number of ketones is 1. The number of aromatic nitrogens is 3. The van der Waals surface area contributed by atoms with Crippen molar-refractivity contribution in [2.75, 3.05) is 6.61 Å². The Labute approximate surface area is 192 Å². The highest BCUT2D eigenvalue weighted by Gasteiger charge is 2.20. The molecule has 0 aliphatic rings. The summed E-state index contributed by atoms with van der Waals surface area (Å²) in [4.78, 5) is 41.4. The van der Waals surface area contributed by atoms with Crippen LogP contribution in [0.15, 0.2) is 38.9 Å². The van der Waals surface area contributed by atoms with E-state index >= 15 is 0 Å². The summed E-state index contributed by atoms with van der Waals surface area (Å²) < 4.78 is 13.6. The summed E-state index contributed by atoms with van der Waals surface area (Å²) in [6, 6.07) is 6.59. The molecule has 0 saturated heterocycles. The molecule has 0 aliphatic carbocycles. The number of rotatable bonds is 7. The minimum atomic E-state index is -0.587. The van der Waals surface area contributed by atoms with Gasteiger partial charge in [-0.25, -0.2) is 9.78 Å². The largest absolute Gasteiger partial charge is 0.457 e. The smallest absolute Gasteiger partial charge is 0.419 e. The Bertz CT molecular complexity index is 1390. The summed E-state index contributed by atoms with van der Waals surface area (Å²) in [5.41, 5.74) is 3.89. The summed E-state index contributed by atoms with van der Waals surface area (Å²) >= 11 is 7.40. The SMILES string of the molecule is Cc1csc(-n2c(C)cc(C(=O)COC(=O)CCn3c(=O)oc4cc(Cl)ccc43)c2C)n1. The van der Waals surface area contributed by atoms with Gasteiger partial charge in [-0.05, 0) is 39.0 Å². The Hall–Kier alpha value is -3.17. The van der Waals surface area contributed by atoms with Gasteiger partial charge >= 0.3 is 11.7 Å². The van der Waals surface area contributed by atoms with Gasteiger partial charge < -0.3 is 9.15 Å². The number of halogens is 1. The van der Waals surface area contributed by atoms with Crippen LogP contribution in [0.4, 0.5) is 0 Å². The summed E-state index contributed by atoms with van der Waals surface area (Å²) in [7, 11) is 0. The van der Waals surface area contributed by atoms with E-state index in [-0.39, 0.29) is 25.4 Å². The number of hydrogen-bond donors (Lipinski definition) is 0. The molecule has 166 valence electrons. The van der Waals surface area contributed by atoms with E-state index in [0.29, 0.717) is 21.7 Å². The second-order valence-electron chi connectivity index (χ2n) is 7.36. The molecule has 10 heteroatoms. The van der Waals surface area contributed by atoms with Crippen LogP contribution >= 0.6 is 22.9 Å². The normalized spacial score (nSPS) is 11.2. The third kappa shape index (κ3) is 4.26. The molecule has 0 radical (unpaired) electrons. The highest BCUT2D eigenvalue weighted by Crippen LogP contribution is 2.24. The van der Waals surface area contributed by atoms with E-state index in [2.05, 4.69) is 4.98 Å². The lowest BCUT2D eigenvalue weighted by Crippen LogP contribution is -2.19. The van der Waals surface area contributed by atoms with Crippen LogP contribution in [0, 0.1) is 20.8 Å². The van der Waals surface area contributed by atoms with Crippen molar-refractivity contribution in [1.82, 2.24) is 14.1 Å². The van der Waals surface area contributed by atoms with E-state index in [4.69, 9.17) is 20.8 Å². The van der Waals surface area contributed by atoms with Crippen LogP contribution in [-0.4, -0.2) is 32.5 Å². The van der Waals surface area contributed by atoms with Crippen molar-refractivity contribution in [3.05, 3.63) is 67.9 Å². The van der Waals surface area contributed by atoms with Crippen molar-refractivity contribution < 1.29 is 18.7 Å². The number of esters is 1. The molecule has 32 heavy (non-hydrogen) atoms. The molecule has 0 fully saturated rings. The number of carbonyl (C=O) groups excluding carboxylic acids is 2. The lowest BCUT2D eigenvalue weighted by atomic mass is 10.1. The Kier molecular flexibility index (Phi) is 6.03. The quantitative estimate of drug-likeness (QED) is 0.294. The molecule has 4 aromatic rings. The zero-order chi connectivity index (χ0) is 23.0. The summed E-state index contributed by atoms with van der Waals surface area (Å²) in [5.74, 6) is -1.47. The van der Waals surface area contributed by atoms with Gasteiger partial charge in [0.05, 0.1) is 17.6 Å². The Morgan fingerprint density at radius 3 is 2.72 bits per heavy atom. The van der Waals surface area contributed by atoms with Crippen LogP contribution in [0.5, 0.6) is 0 Å².